The van der Waals surface area contributed by atoms with Crippen molar-refractivity contribution in [3.63, 3.8) is 0 Å². The first-order chi connectivity index (χ1) is 13.3. The zero-order chi connectivity index (χ0) is 18.5. The fourth-order valence-electron chi connectivity index (χ4n) is 4.53. The summed E-state index contributed by atoms with van der Waals surface area (Å²) in [5, 5.41) is 0. The zero-order valence-corrected chi connectivity index (χ0v) is 17.3. The second-order valence-corrected chi connectivity index (χ2v) is 8.72. The third kappa shape index (κ3) is 4.93. The molecule has 1 aliphatic carbocycles. The van der Waals surface area contributed by atoms with E-state index in [1.165, 1.54) is 63.0 Å². The molecule has 6 heteroatoms. The molecule has 150 valence electrons. The van der Waals surface area contributed by atoms with Gasteiger partial charge in [-0.25, -0.2) is 9.97 Å². The van der Waals surface area contributed by atoms with Gasteiger partial charge in [-0.05, 0) is 44.2 Å². The number of piperazine rings is 1. The molecule has 2 aliphatic heterocycles. The fourth-order valence-corrected chi connectivity index (χ4v) is 4.72. The monoisotopic (exact) mass is 391 g/mol. The average Bonchev–Trinajstić information content (AvgIpc) is 2.86. The van der Waals surface area contributed by atoms with E-state index >= 15 is 0 Å². The Morgan fingerprint density at radius 1 is 0.963 bits per heavy atom. The van der Waals surface area contributed by atoms with Gasteiger partial charge in [-0.2, -0.15) is 0 Å². The molecule has 1 aromatic rings. The number of aromatic nitrogens is 2. The lowest BCUT2D eigenvalue weighted by Crippen LogP contribution is -2.52. The van der Waals surface area contributed by atoms with E-state index in [1.54, 1.807) is 0 Å². The van der Waals surface area contributed by atoms with E-state index in [2.05, 4.69) is 20.9 Å². The van der Waals surface area contributed by atoms with Crippen LogP contribution in [0.2, 0.25) is 0 Å². The Morgan fingerprint density at radius 2 is 1.78 bits per heavy atom. The molecule has 0 spiro atoms. The number of hydrogen-bond donors (Lipinski definition) is 0. The fraction of sp³-hybridized carbons (Fsp3) is 0.810. The minimum atomic E-state index is 0.790. The van der Waals surface area contributed by atoms with E-state index < -0.39 is 0 Å². The number of hydrogen-bond acceptors (Lipinski definition) is 5. The van der Waals surface area contributed by atoms with E-state index in [4.69, 9.17) is 21.6 Å². The molecule has 3 heterocycles. The third-order valence-electron chi connectivity index (χ3n) is 6.60. The molecular weight excluding hydrogens is 358 g/mol. The molecule has 0 amide bonds. The van der Waals surface area contributed by atoms with Crippen LogP contribution >= 0.6 is 11.6 Å². The first-order valence-corrected chi connectivity index (χ1v) is 11.5. The lowest BCUT2D eigenvalue weighted by atomic mass is 9.91. The molecule has 3 aliphatic rings. The van der Waals surface area contributed by atoms with Gasteiger partial charge in [-0.1, -0.05) is 12.8 Å². The molecule has 0 radical (unpaired) electrons. The van der Waals surface area contributed by atoms with Crippen molar-refractivity contribution in [3.05, 3.63) is 17.5 Å². The summed E-state index contributed by atoms with van der Waals surface area (Å²) < 4.78 is 0. The first kappa shape index (κ1) is 19.4. The molecule has 0 bridgehead atoms. The summed E-state index contributed by atoms with van der Waals surface area (Å²) in [6.07, 6.45) is 12.1. The molecule has 4 rings (SSSR count). The van der Waals surface area contributed by atoms with Crippen LogP contribution in [0.1, 0.15) is 49.8 Å². The Hall–Kier alpha value is -0.910. The largest absolute Gasteiger partial charge is 0.338 e. The summed E-state index contributed by atoms with van der Waals surface area (Å²) >= 11 is 5.79. The standard InChI is InChI=1S/C21H34ClN5/c22-9-2-1-3-10-25-11-7-18-17-23-21(24-20(18)8-12-25)27-15-13-26(14-16-27)19-5-4-6-19/h17,19H,1-16H2. The topological polar surface area (TPSA) is 35.5 Å². The van der Waals surface area contributed by atoms with Crippen molar-refractivity contribution in [2.45, 2.75) is 57.4 Å². The van der Waals surface area contributed by atoms with Crippen molar-refractivity contribution in [1.82, 2.24) is 19.8 Å². The van der Waals surface area contributed by atoms with E-state index in [-0.39, 0.29) is 0 Å². The van der Waals surface area contributed by atoms with Crippen molar-refractivity contribution in [3.8, 4) is 0 Å². The van der Waals surface area contributed by atoms with Crippen LogP contribution in [0.25, 0.3) is 0 Å². The number of unbranched alkanes of at least 4 members (excludes halogenated alkanes) is 2. The number of fused-ring (bicyclic) bond motifs is 1. The van der Waals surface area contributed by atoms with Gasteiger partial charge in [-0.3, -0.25) is 4.90 Å². The Morgan fingerprint density at radius 3 is 2.52 bits per heavy atom. The highest BCUT2D eigenvalue weighted by Crippen LogP contribution is 2.26. The second-order valence-electron chi connectivity index (χ2n) is 8.34. The summed E-state index contributed by atoms with van der Waals surface area (Å²) in [5.74, 6) is 1.75. The highest BCUT2D eigenvalue weighted by Gasteiger charge is 2.28. The molecule has 0 unspecified atom stereocenters. The molecule has 1 saturated heterocycles. The maximum Gasteiger partial charge on any atom is 0.225 e. The van der Waals surface area contributed by atoms with Crippen LogP contribution in [0.4, 0.5) is 5.95 Å². The lowest BCUT2D eigenvalue weighted by molar-refractivity contribution is 0.120. The average molecular weight is 392 g/mol. The smallest absolute Gasteiger partial charge is 0.225 e. The predicted molar refractivity (Wildman–Crippen MR) is 112 cm³/mol. The van der Waals surface area contributed by atoms with E-state index in [0.717, 1.165) is 63.3 Å². The molecule has 0 aromatic carbocycles. The van der Waals surface area contributed by atoms with Crippen LogP contribution < -0.4 is 4.90 Å². The van der Waals surface area contributed by atoms with Gasteiger partial charge in [0.15, 0.2) is 0 Å². The van der Waals surface area contributed by atoms with Crippen LogP contribution in [0.5, 0.6) is 0 Å². The predicted octanol–water partition coefficient (Wildman–Crippen LogP) is 2.96. The van der Waals surface area contributed by atoms with Crippen LogP contribution in [0.3, 0.4) is 0 Å². The molecule has 1 aromatic heterocycles. The lowest BCUT2D eigenvalue weighted by Gasteiger charge is -2.43. The van der Waals surface area contributed by atoms with E-state index in [1.807, 2.05) is 0 Å². The van der Waals surface area contributed by atoms with Crippen molar-refractivity contribution < 1.29 is 0 Å². The van der Waals surface area contributed by atoms with Gasteiger partial charge < -0.3 is 9.80 Å². The van der Waals surface area contributed by atoms with Gasteiger partial charge in [-0.15, -0.1) is 11.6 Å². The van der Waals surface area contributed by atoms with Gasteiger partial charge in [0.25, 0.3) is 0 Å². The van der Waals surface area contributed by atoms with Gasteiger partial charge in [0.05, 0.1) is 5.69 Å². The highest BCUT2D eigenvalue weighted by atomic mass is 35.5. The van der Waals surface area contributed by atoms with Crippen LogP contribution in [-0.4, -0.2) is 77.5 Å². The van der Waals surface area contributed by atoms with E-state index in [0.29, 0.717) is 0 Å². The van der Waals surface area contributed by atoms with Crippen LogP contribution in [0, 0.1) is 0 Å². The van der Waals surface area contributed by atoms with Crippen LogP contribution in [0.15, 0.2) is 6.20 Å². The minimum Gasteiger partial charge on any atom is -0.338 e. The van der Waals surface area contributed by atoms with Crippen LogP contribution in [-0.2, 0) is 12.8 Å². The number of nitrogens with zero attached hydrogens (tertiary/aromatic N) is 5. The molecule has 1 saturated carbocycles. The first-order valence-electron chi connectivity index (χ1n) is 11.0. The van der Waals surface area contributed by atoms with Gasteiger partial charge in [0, 0.05) is 63.8 Å². The molecule has 5 nitrogen and oxygen atoms in total. The summed E-state index contributed by atoms with van der Waals surface area (Å²) in [6, 6.07) is 0.857. The zero-order valence-electron chi connectivity index (χ0n) is 16.6. The summed E-state index contributed by atoms with van der Waals surface area (Å²) in [5.41, 5.74) is 2.64. The minimum absolute atomic E-state index is 0.790. The third-order valence-corrected chi connectivity index (χ3v) is 6.87. The molecule has 2 fully saturated rings. The second kappa shape index (κ2) is 9.53. The SMILES string of the molecule is ClCCCCCN1CCc2cnc(N3CCN(C4CCC4)CC3)nc2CC1. The quantitative estimate of drug-likeness (QED) is 0.527. The Labute approximate surface area is 169 Å². The molecular formula is C21H34ClN5. The summed E-state index contributed by atoms with van der Waals surface area (Å²) in [7, 11) is 0. The van der Waals surface area contributed by atoms with Crippen molar-refractivity contribution in [2.24, 2.45) is 0 Å². The highest BCUT2D eigenvalue weighted by molar-refractivity contribution is 6.17. The van der Waals surface area contributed by atoms with Gasteiger partial charge in [0.2, 0.25) is 5.95 Å². The Balaban J connectivity index is 1.30. The number of rotatable bonds is 7. The van der Waals surface area contributed by atoms with Crippen molar-refractivity contribution in [1.29, 1.82) is 0 Å². The molecule has 27 heavy (non-hydrogen) atoms. The maximum absolute atomic E-state index is 5.79. The number of alkyl halides is 1. The van der Waals surface area contributed by atoms with Gasteiger partial charge >= 0.3 is 0 Å². The van der Waals surface area contributed by atoms with E-state index in [9.17, 15) is 0 Å². The molecule has 0 atom stereocenters. The normalized spacial score (nSPS) is 22.3. The Bertz CT molecular complexity index is 598. The van der Waals surface area contributed by atoms with Crippen molar-refractivity contribution >= 4 is 17.5 Å². The van der Waals surface area contributed by atoms with Gasteiger partial charge in [0.1, 0.15) is 0 Å². The summed E-state index contributed by atoms with van der Waals surface area (Å²) in [4.78, 5) is 17.4. The number of anilines is 1. The maximum atomic E-state index is 5.79. The number of halogens is 1. The van der Waals surface area contributed by atoms with Crippen molar-refractivity contribution in [2.75, 3.05) is 56.6 Å². The Kier molecular flexibility index (Phi) is 6.85. The molecule has 0 N–H and O–H groups in total. The summed E-state index contributed by atoms with van der Waals surface area (Å²) in [6.45, 7) is 7.93.